The number of benzene rings is 2. The summed E-state index contributed by atoms with van der Waals surface area (Å²) in [6, 6.07) is 17.1. The molecular formula is C23H28O. The highest BCUT2D eigenvalue weighted by molar-refractivity contribution is 6.04. The summed E-state index contributed by atoms with van der Waals surface area (Å²) in [5.74, 6) is 0.547. The molecule has 0 spiro atoms. The van der Waals surface area contributed by atoms with Crippen LogP contribution in [0.25, 0.3) is 0 Å². The highest BCUT2D eigenvalue weighted by Crippen LogP contribution is 2.53. The number of hydrogen-bond acceptors (Lipinski definition) is 1. The zero-order chi connectivity index (χ0) is 17.7. The van der Waals surface area contributed by atoms with E-state index >= 15 is 0 Å². The van der Waals surface area contributed by atoms with Crippen LogP contribution in [0.5, 0.6) is 0 Å². The maximum atomic E-state index is 11.6. The molecule has 0 unspecified atom stereocenters. The van der Waals surface area contributed by atoms with Gasteiger partial charge in [-0.25, -0.2) is 0 Å². The van der Waals surface area contributed by atoms with E-state index in [2.05, 4.69) is 56.8 Å². The maximum absolute atomic E-state index is 11.6. The van der Waals surface area contributed by atoms with E-state index in [1.165, 1.54) is 35.6 Å². The minimum absolute atomic E-state index is 0.0160. The minimum atomic E-state index is -0.0160. The van der Waals surface area contributed by atoms with E-state index in [0.29, 0.717) is 11.5 Å². The van der Waals surface area contributed by atoms with Crippen LogP contribution in [-0.4, -0.2) is 5.78 Å². The Bertz CT molecular complexity index is 686. The molecule has 1 nitrogen and oxygen atoms in total. The molecule has 2 aromatic carbocycles. The Morgan fingerprint density at radius 3 is 1.79 bits per heavy atom. The van der Waals surface area contributed by atoms with E-state index in [1.807, 2.05) is 26.0 Å². The second kappa shape index (κ2) is 7.61. The maximum Gasteiger partial charge on any atom is 0.185 e. The molecule has 0 heterocycles. The molecular weight excluding hydrogens is 292 g/mol. The summed E-state index contributed by atoms with van der Waals surface area (Å²) in [6.45, 7) is 12.0. The van der Waals surface area contributed by atoms with Crippen molar-refractivity contribution < 1.29 is 4.79 Å². The molecule has 1 aliphatic rings. The Kier molecular flexibility index (Phi) is 5.77. The van der Waals surface area contributed by atoms with Gasteiger partial charge in [0.05, 0.1) is 0 Å². The SMILES string of the molecule is C=CC(=O)c1ccc(C2(c3ccc(C(C)C)cc3)CC2)cc1.CC. The number of rotatable bonds is 5. The summed E-state index contributed by atoms with van der Waals surface area (Å²) in [5, 5.41) is 0. The lowest BCUT2D eigenvalue weighted by Gasteiger charge is -2.18. The van der Waals surface area contributed by atoms with Crippen LogP contribution < -0.4 is 0 Å². The minimum Gasteiger partial charge on any atom is -0.289 e. The van der Waals surface area contributed by atoms with Gasteiger partial charge in [0.15, 0.2) is 5.78 Å². The Morgan fingerprint density at radius 2 is 1.42 bits per heavy atom. The fourth-order valence-corrected chi connectivity index (χ4v) is 3.13. The number of carbonyl (C=O) groups excluding carboxylic acids is 1. The summed E-state index contributed by atoms with van der Waals surface area (Å²) in [4.78, 5) is 11.6. The first-order valence-corrected chi connectivity index (χ1v) is 8.94. The van der Waals surface area contributed by atoms with Crippen LogP contribution in [0.1, 0.15) is 73.5 Å². The lowest BCUT2D eigenvalue weighted by atomic mass is 9.86. The van der Waals surface area contributed by atoms with Crippen molar-refractivity contribution in [3.8, 4) is 0 Å². The largest absolute Gasteiger partial charge is 0.289 e. The van der Waals surface area contributed by atoms with Crippen LogP contribution in [0.15, 0.2) is 61.2 Å². The highest BCUT2D eigenvalue weighted by atomic mass is 16.1. The topological polar surface area (TPSA) is 17.1 Å². The average molecular weight is 320 g/mol. The first-order valence-electron chi connectivity index (χ1n) is 8.94. The third kappa shape index (κ3) is 3.51. The van der Waals surface area contributed by atoms with E-state index in [-0.39, 0.29) is 11.2 Å². The molecule has 1 saturated carbocycles. The molecule has 0 radical (unpaired) electrons. The molecule has 1 heteroatoms. The first-order chi connectivity index (χ1) is 11.6. The zero-order valence-corrected chi connectivity index (χ0v) is 15.3. The highest BCUT2D eigenvalue weighted by Gasteiger charge is 2.45. The Morgan fingerprint density at radius 1 is 0.958 bits per heavy atom. The van der Waals surface area contributed by atoms with E-state index in [9.17, 15) is 4.79 Å². The molecule has 1 fully saturated rings. The van der Waals surface area contributed by atoms with Crippen molar-refractivity contribution in [2.24, 2.45) is 0 Å². The van der Waals surface area contributed by atoms with Gasteiger partial charge < -0.3 is 0 Å². The standard InChI is InChI=1S/C21H22O.C2H6/c1-4-20(22)17-7-11-19(12-8-17)21(13-14-21)18-9-5-16(6-10-18)15(2)3;1-2/h4-12,15H,1,13-14H2,2-3H3;1-2H3. The van der Waals surface area contributed by atoms with Crippen LogP contribution in [0.4, 0.5) is 0 Å². The third-order valence-corrected chi connectivity index (χ3v) is 4.79. The van der Waals surface area contributed by atoms with Gasteiger partial charge in [-0.05, 0) is 41.5 Å². The molecule has 126 valence electrons. The molecule has 3 rings (SSSR count). The molecule has 1 aliphatic carbocycles. The van der Waals surface area contributed by atoms with Crippen LogP contribution in [0.2, 0.25) is 0 Å². The van der Waals surface area contributed by atoms with Crippen LogP contribution in [-0.2, 0) is 5.41 Å². The summed E-state index contributed by atoms with van der Waals surface area (Å²) in [6.07, 6.45) is 3.73. The van der Waals surface area contributed by atoms with Crippen molar-refractivity contribution in [3.05, 3.63) is 83.4 Å². The lowest BCUT2D eigenvalue weighted by molar-refractivity contribution is 0.104. The van der Waals surface area contributed by atoms with E-state index in [0.717, 1.165) is 0 Å². The number of allylic oxidation sites excluding steroid dienone is 1. The van der Waals surface area contributed by atoms with Gasteiger partial charge in [0, 0.05) is 11.0 Å². The Hall–Kier alpha value is -2.15. The predicted octanol–water partition coefficient (Wildman–Crippen LogP) is 6.28. The van der Waals surface area contributed by atoms with Crippen molar-refractivity contribution in [1.82, 2.24) is 0 Å². The quantitative estimate of drug-likeness (QED) is 0.467. The second-order valence-corrected chi connectivity index (χ2v) is 6.50. The molecule has 0 aliphatic heterocycles. The smallest absolute Gasteiger partial charge is 0.185 e. The zero-order valence-electron chi connectivity index (χ0n) is 15.3. The monoisotopic (exact) mass is 320 g/mol. The van der Waals surface area contributed by atoms with E-state index < -0.39 is 0 Å². The number of hydrogen-bond donors (Lipinski definition) is 0. The van der Waals surface area contributed by atoms with Crippen molar-refractivity contribution in [2.45, 2.75) is 51.9 Å². The van der Waals surface area contributed by atoms with Gasteiger partial charge in [0.25, 0.3) is 0 Å². The van der Waals surface area contributed by atoms with Gasteiger partial charge in [-0.2, -0.15) is 0 Å². The second-order valence-electron chi connectivity index (χ2n) is 6.50. The average Bonchev–Trinajstić information content (AvgIpc) is 3.45. The normalized spacial score (nSPS) is 14.5. The lowest BCUT2D eigenvalue weighted by Crippen LogP contribution is -2.09. The van der Waals surface area contributed by atoms with Crippen molar-refractivity contribution in [1.29, 1.82) is 0 Å². The first kappa shape index (κ1) is 18.2. The summed E-state index contributed by atoms with van der Waals surface area (Å²) in [7, 11) is 0. The number of carbonyl (C=O) groups is 1. The third-order valence-electron chi connectivity index (χ3n) is 4.79. The molecule has 0 amide bonds. The van der Waals surface area contributed by atoms with E-state index in [1.54, 1.807) is 0 Å². The summed E-state index contributed by atoms with van der Waals surface area (Å²) < 4.78 is 0. The van der Waals surface area contributed by atoms with Gasteiger partial charge in [-0.1, -0.05) is 82.8 Å². The molecule has 2 aromatic rings. The summed E-state index contributed by atoms with van der Waals surface area (Å²) >= 11 is 0. The van der Waals surface area contributed by atoms with Crippen LogP contribution >= 0.6 is 0 Å². The van der Waals surface area contributed by atoms with Gasteiger partial charge >= 0.3 is 0 Å². The Labute approximate surface area is 146 Å². The molecule has 24 heavy (non-hydrogen) atoms. The Balaban J connectivity index is 0.00000100. The number of ketones is 1. The fraction of sp³-hybridized carbons (Fsp3) is 0.348. The van der Waals surface area contributed by atoms with Gasteiger partial charge in [-0.15, -0.1) is 0 Å². The molecule has 0 atom stereocenters. The molecule has 0 saturated heterocycles. The van der Waals surface area contributed by atoms with Gasteiger partial charge in [0.2, 0.25) is 0 Å². The van der Waals surface area contributed by atoms with Gasteiger partial charge in [0.1, 0.15) is 0 Å². The van der Waals surface area contributed by atoms with Crippen LogP contribution in [0, 0.1) is 0 Å². The van der Waals surface area contributed by atoms with Crippen molar-refractivity contribution in [2.75, 3.05) is 0 Å². The van der Waals surface area contributed by atoms with Gasteiger partial charge in [-0.3, -0.25) is 4.79 Å². The summed E-state index contributed by atoms with van der Waals surface area (Å²) in [5.41, 5.74) is 4.95. The van der Waals surface area contributed by atoms with E-state index in [4.69, 9.17) is 0 Å². The van der Waals surface area contributed by atoms with Crippen molar-refractivity contribution >= 4 is 5.78 Å². The molecule has 0 N–H and O–H groups in total. The van der Waals surface area contributed by atoms with Crippen molar-refractivity contribution in [3.63, 3.8) is 0 Å². The van der Waals surface area contributed by atoms with Crippen LogP contribution in [0.3, 0.4) is 0 Å². The molecule has 0 aromatic heterocycles. The predicted molar refractivity (Wildman–Crippen MR) is 103 cm³/mol. The fourth-order valence-electron chi connectivity index (χ4n) is 3.13. The molecule has 0 bridgehead atoms.